The summed E-state index contributed by atoms with van der Waals surface area (Å²) >= 11 is 1.46. The molecule has 0 spiro atoms. The number of aromatic nitrogens is 1. The zero-order valence-electron chi connectivity index (χ0n) is 19.6. The van der Waals surface area contributed by atoms with Gasteiger partial charge in [-0.25, -0.2) is 0 Å². The number of furan rings is 1. The van der Waals surface area contributed by atoms with E-state index in [4.69, 9.17) is 9.15 Å². The number of carbonyl (C=O) groups is 2. The molecule has 3 heterocycles. The minimum Gasteiger partial charge on any atom is -0.472 e. The van der Waals surface area contributed by atoms with Crippen LogP contribution >= 0.6 is 11.8 Å². The summed E-state index contributed by atoms with van der Waals surface area (Å²) in [7, 11) is 1.85. The Hall–Kier alpha value is -2.55. The van der Waals surface area contributed by atoms with Gasteiger partial charge in [-0.3, -0.25) is 19.6 Å². The maximum atomic E-state index is 12.8. The Balaban J connectivity index is 0.000000273. The van der Waals surface area contributed by atoms with Gasteiger partial charge in [0.25, 0.3) is 0 Å². The number of thioether (sulfide) groups is 1. The fraction of sp³-hybridized carbons (Fsp3) is 0.440. The molecule has 1 aliphatic heterocycles. The zero-order valence-corrected chi connectivity index (χ0v) is 20.5. The van der Waals surface area contributed by atoms with E-state index in [0.29, 0.717) is 35.3 Å². The van der Waals surface area contributed by atoms with Crippen LogP contribution < -0.4 is 5.32 Å². The Labute approximate surface area is 200 Å². The molecule has 1 saturated heterocycles. The molecule has 3 rings (SSSR count). The molecular weight excluding hydrogens is 438 g/mol. The highest BCUT2D eigenvalue weighted by Gasteiger charge is 2.27. The topological polar surface area (TPSA) is 93.8 Å². The number of carbonyl (C=O) groups excluding carboxylic acids is 2. The number of hydrogen-bond donors (Lipinski definition) is 1. The minimum atomic E-state index is 0.00163. The number of ketones is 1. The van der Waals surface area contributed by atoms with E-state index < -0.39 is 0 Å². The molecule has 7 nitrogen and oxygen atoms in total. The number of pyridine rings is 1. The first-order valence-corrected chi connectivity index (χ1v) is 12.1. The van der Waals surface area contributed by atoms with Crippen molar-refractivity contribution >= 4 is 36.2 Å². The second-order valence-corrected chi connectivity index (χ2v) is 8.43. The lowest BCUT2D eigenvalue weighted by Gasteiger charge is -2.22. The number of nitrogens with zero attached hydrogens (tertiary/aromatic N) is 2. The molecule has 2 aromatic rings. The molecule has 0 aromatic carbocycles. The van der Waals surface area contributed by atoms with Crippen LogP contribution in [0.15, 0.2) is 45.2 Å². The van der Waals surface area contributed by atoms with E-state index >= 15 is 0 Å². The summed E-state index contributed by atoms with van der Waals surface area (Å²) in [6.07, 6.45) is 9.02. The van der Waals surface area contributed by atoms with E-state index in [2.05, 4.69) is 35.9 Å². The number of aldehydes is 1. The lowest BCUT2D eigenvalue weighted by molar-refractivity contribution is -0.121. The molecule has 0 bridgehead atoms. The average molecular weight is 472 g/mol. The van der Waals surface area contributed by atoms with Crippen LogP contribution in [0.5, 0.6) is 0 Å². The second kappa shape index (κ2) is 14.6. The number of nitrogens with one attached hydrogen (secondary N) is 1. The smallest absolute Gasteiger partial charge is 0.174 e. The molecule has 0 unspecified atom stereocenters. The van der Waals surface area contributed by atoms with E-state index in [-0.39, 0.29) is 11.7 Å². The SMILES string of the molecule is C=N/C(=C(\SCNC)C(=O)C1CCOCC1)c1ccoc1.CCc1cc(C=O)cnc1CC. The quantitative estimate of drug-likeness (QED) is 0.235. The van der Waals surface area contributed by atoms with Gasteiger partial charge >= 0.3 is 0 Å². The lowest BCUT2D eigenvalue weighted by Crippen LogP contribution is -2.25. The van der Waals surface area contributed by atoms with Crippen LogP contribution in [0.25, 0.3) is 5.70 Å². The fourth-order valence-electron chi connectivity index (χ4n) is 3.49. The van der Waals surface area contributed by atoms with Gasteiger partial charge in [0.15, 0.2) is 12.1 Å². The van der Waals surface area contributed by atoms with Crippen LogP contribution in [-0.4, -0.2) is 49.9 Å². The van der Waals surface area contributed by atoms with E-state index in [1.54, 1.807) is 24.8 Å². The monoisotopic (exact) mass is 471 g/mol. The van der Waals surface area contributed by atoms with Gasteiger partial charge in [0.2, 0.25) is 0 Å². The normalized spacial score (nSPS) is 14.6. The van der Waals surface area contributed by atoms with Crippen molar-refractivity contribution in [3.63, 3.8) is 0 Å². The summed E-state index contributed by atoms with van der Waals surface area (Å²) in [4.78, 5) is 32.2. The van der Waals surface area contributed by atoms with E-state index in [1.807, 2.05) is 13.1 Å². The Bertz CT molecular complexity index is 935. The maximum Gasteiger partial charge on any atom is 0.174 e. The van der Waals surface area contributed by atoms with Gasteiger partial charge in [0.1, 0.15) is 0 Å². The highest BCUT2D eigenvalue weighted by Crippen LogP contribution is 2.33. The highest BCUT2D eigenvalue weighted by atomic mass is 32.2. The number of aliphatic imine (C=N–C) groups is 1. The molecule has 0 atom stereocenters. The Morgan fingerprint density at radius 3 is 2.64 bits per heavy atom. The fourth-order valence-corrected chi connectivity index (χ4v) is 4.40. The summed E-state index contributed by atoms with van der Waals surface area (Å²) in [5.41, 5.74) is 4.33. The van der Waals surface area contributed by atoms with Crippen molar-refractivity contribution in [1.82, 2.24) is 10.3 Å². The van der Waals surface area contributed by atoms with Crippen molar-refractivity contribution in [3.05, 3.63) is 58.1 Å². The van der Waals surface area contributed by atoms with E-state index in [9.17, 15) is 9.59 Å². The van der Waals surface area contributed by atoms with Crippen LogP contribution in [0.2, 0.25) is 0 Å². The largest absolute Gasteiger partial charge is 0.472 e. The molecule has 1 aliphatic rings. The molecule has 1 fully saturated rings. The summed E-state index contributed by atoms with van der Waals surface area (Å²) < 4.78 is 10.4. The van der Waals surface area contributed by atoms with Crippen LogP contribution in [0, 0.1) is 5.92 Å². The van der Waals surface area contributed by atoms with E-state index in [0.717, 1.165) is 43.2 Å². The summed E-state index contributed by atoms with van der Waals surface area (Å²) in [5.74, 6) is 0.769. The van der Waals surface area contributed by atoms with E-state index in [1.165, 1.54) is 17.3 Å². The van der Waals surface area contributed by atoms with Gasteiger partial charge in [0.05, 0.1) is 23.1 Å². The van der Waals surface area contributed by atoms with Gasteiger partial charge < -0.3 is 14.5 Å². The molecule has 1 N–H and O–H groups in total. The van der Waals surface area contributed by atoms with Crippen LogP contribution in [-0.2, 0) is 22.4 Å². The van der Waals surface area contributed by atoms with Gasteiger partial charge in [0, 0.05) is 48.0 Å². The molecular formula is C25H33N3O4S. The van der Waals surface area contributed by atoms with Gasteiger partial charge in [-0.05, 0) is 57.1 Å². The predicted octanol–water partition coefficient (Wildman–Crippen LogP) is 4.57. The van der Waals surface area contributed by atoms with Crippen LogP contribution in [0.3, 0.4) is 0 Å². The standard InChI is InChI=1S/C15H20N2O3S.C10H13NO/c1-16-10-21-15(13(17-2)12-5-8-20-9-12)14(18)11-3-6-19-7-4-11;1-3-9-5-8(7-12)6-11-10(9)4-2/h5,8-9,11,16H,2-4,6-7,10H2,1H3;5-7H,3-4H2,1-2H3/b15-13-;. The van der Waals surface area contributed by atoms with Crippen LogP contribution in [0.1, 0.15) is 53.9 Å². The average Bonchev–Trinajstić information content (AvgIpc) is 3.41. The molecule has 0 amide bonds. The van der Waals surface area contributed by atoms with Gasteiger partial charge in [-0.15, -0.1) is 11.8 Å². The maximum absolute atomic E-state index is 12.8. The van der Waals surface area contributed by atoms with Gasteiger partial charge in [-0.2, -0.15) is 0 Å². The first kappa shape index (κ1) is 26.7. The Morgan fingerprint density at radius 1 is 1.33 bits per heavy atom. The van der Waals surface area contributed by atoms with Crippen molar-refractivity contribution in [1.29, 1.82) is 0 Å². The van der Waals surface area contributed by atoms with Gasteiger partial charge in [-0.1, -0.05) is 13.8 Å². The third-order valence-electron chi connectivity index (χ3n) is 5.28. The Morgan fingerprint density at radius 2 is 2.09 bits per heavy atom. The predicted molar refractivity (Wildman–Crippen MR) is 134 cm³/mol. The first-order valence-electron chi connectivity index (χ1n) is 11.1. The number of Topliss-reactive ketones (excluding diaryl/α,β-unsaturated/α-hetero) is 1. The number of hydrogen-bond acceptors (Lipinski definition) is 8. The Kier molecular flexibility index (Phi) is 11.8. The minimum absolute atomic E-state index is 0.00163. The number of rotatable bonds is 10. The molecule has 0 saturated carbocycles. The molecule has 0 radical (unpaired) electrons. The van der Waals surface area contributed by atoms with Crippen molar-refractivity contribution in [3.8, 4) is 0 Å². The zero-order chi connectivity index (χ0) is 24.1. The first-order chi connectivity index (χ1) is 16.1. The van der Waals surface area contributed by atoms with Crippen molar-refractivity contribution in [2.24, 2.45) is 10.9 Å². The second-order valence-electron chi connectivity index (χ2n) is 7.44. The summed E-state index contributed by atoms with van der Waals surface area (Å²) in [6, 6.07) is 3.71. The molecule has 33 heavy (non-hydrogen) atoms. The van der Waals surface area contributed by atoms with Crippen molar-refractivity contribution in [2.75, 3.05) is 26.1 Å². The van der Waals surface area contributed by atoms with Crippen molar-refractivity contribution in [2.45, 2.75) is 39.5 Å². The third kappa shape index (κ3) is 7.77. The molecule has 8 heteroatoms. The molecule has 0 aliphatic carbocycles. The number of allylic oxidation sites excluding steroid dienone is 1. The number of aryl methyl sites for hydroxylation is 2. The number of ether oxygens (including phenoxy) is 1. The molecule has 2 aromatic heterocycles. The van der Waals surface area contributed by atoms with Crippen molar-refractivity contribution < 1.29 is 18.7 Å². The lowest BCUT2D eigenvalue weighted by atomic mass is 9.94. The summed E-state index contributed by atoms with van der Waals surface area (Å²) in [6.45, 7) is 9.04. The van der Waals surface area contributed by atoms with Crippen LogP contribution in [0.4, 0.5) is 0 Å². The molecule has 178 valence electrons. The highest BCUT2D eigenvalue weighted by molar-refractivity contribution is 8.04. The summed E-state index contributed by atoms with van der Waals surface area (Å²) in [5, 5.41) is 3.05. The third-order valence-corrected chi connectivity index (χ3v) is 6.39.